The number of amides is 1. The Bertz CT molecular complexity index is 944. The molecule has 0 radical (unpaired) electrons. The number of benzene rings is 1. The number of nitrogens with zero attached hydrogens (tertiary/aromatic N) is 1. The predicted molar refractivity (Wildman–Crippen MR) is 99.2 cm³/mol. The van der Waals surface area contributed by atoms with E-state index in [0.717, 1.165) is 11.0 Å². The van der Waals surface area contributed by atoms with E-state index in [1.807, 2.05) is 6.92 Å². The van der Waals surface area contributed by atoms with E-state index in [1.54, 1.807) is 38.1 Å². The molecule has 1 amide bonds. The van der Waals surface area contributed by atoms with E-state index in [9.17, 15) is 24.3 Å². The molecule has 2 atom stereocenters. The maximum absolute atomic E-state index is 12.8. The Hall–Kier alpha value is -2.90. The minimum Gasteiger partial charge on any atom is -0.548 e. The molecule has 146 valence electrons. The van der Waals surface area contributed by atoms with Crippen LogP contribution in [0.3, 0.4) is 0 Å². The second kappa shape index (κ2) is 8.66. The third-order valence-electron chi connectivity index (χ3n) is 4.50. The highest BCUT2D eigenvalue weighted by atomic mass is 16.4. The Balaban J connectivity index is 2.52. The molecule has 27 heavy (non-hydrogen) atoms. The zero-order valence-corrected chi connectivity index (χ0v) is 15.7. The first-order valence-corrected chi connectivity index (χ1v) is 9.02. The minimum absolute atomic E-state index is 0.238. The molecule has 0 unspecified atom stereocenters. The number of carboxylic acids is 1. The van der Waals surface area contributed by atoms with Crippen molar-refractivity contribution in [2.45, 2.75) is 52.1 Å². The minimum atomic E-state index is -1.41. The Labute approximate surface area is 156 Å². The number of unbranched alkanes of at least 4 members (excludes halogenated alkanes) is 1. The molecule has 1 aromatic heterocycles. The quantitative estimate of drug-likeness (QED) is 0.688. The van der Waals surface area contributed by atoms with Gasteiger partial charge in [-0.3, -0.25) is 9.59 Å². The topological polar surface area (TPSA) is 124 Å². The SMILES string of the molecule is CCCC[C@H](C(=O)N[C@H](C(=O)[O-])C(C)C)n1c(=O)[nH]c2ccccc2c1=O. The van der Waals surface area contributed by atoms with Gasteiger partial charge in [0, 0.05) is 0 Å². The molecule has 2 rings (SSSR count). The van der Waals surface area contributed by atoms with Gasteiger partial charge in [-0.1, -0.05) is 45.7 Å². The number of rotatable bonds is 8. The van der Waals surface area contributed by atoms with Crippen molar-refractivity contribution in [2.24, 2.45) is 5.92 Å². The van der Waals surface area contributed by atoms with E-state index < -0.39 is 41.1 Å². The van der Waals surface area contributed by atoms with Crippen LogP contribution in [-0.4, -0.2) is 27.5 Å². The van der Waals surface area contributed by atoms with Gasteiger partial charge in [0.25, 0.3) is 5.56 Å². The van der Waals surface area contributed by atoms with Crippen LogP contribution in [0.5, 0.6) is 0 Å². The summed E-state index contributed by atoms with van der Waals surface area (Å²) in [6, 6.07) is 4.21. The number of carbonyl (C=O) groups excluding carboxylic acids is 2. The molecule has 1 aromatic carbocycles. The Morgan fingerprint density at radius 2 is 1.89 bits per heavy atom. The maximum atomic E-state index is 12.8. The second-order valence-electron chi connectivity index (χ2n) is 6.86. The molecule has 8 heteroatoms. The van der Waals surface area contributed by atoms with Crippen LogP contribution >= 0.6 is 0 Å². The van der Waals surface area contributed by atoms with Gasteiger partial charge < -0.3 is 20.2 Å². The number of hydrogen-bond donors (Lipinski definition) is 2. The highest BCUT2D eigenvalue weighted by molar-refractivity contribution is 5.86. The van der Waals surface area contributed by atoms with Gasteiger partial charge in [-0.25, -0.2) is 9.36 Å². The van der Waals surface area contributed by atoms with E-state index >= 15 is 0 Å². The van der Waals surface area contributed by atoms with Gasteiger partial charge in [0.2, 0.25) is 5.91 Å². The fraction of sp³-hybridized carbons (Fsp3) is 0.474. The van der Waals surface area contributed by atoms with Crippen molar-refractivity contribution in [1.29, 1.82) is 0 Å². The largest absolute Gasteiger partial charge is 0.548 e. The molecule has 0 aliphatic heterocycles. The van der Waals surface area contributed by atoms with Gasteiger partial charge in [-0.15, -0.1) is 0 Å². The molecule has 0 aliphatic rings. The molecule has 0 aliphatic carbocycles. The van der Waals surface area contributed by atoms with E-state index in [-0.39, 0.29) is 11.8 Å². The number of nitrogens with one attached hydrogen (secondary N) is 2. The third-order valence-corrected chi connectivity index (χ3v) is 4.50. The van der Waals surface area contributed by atoms with E-state index in [1.165, 1.54) is 0 Å². The normalized spacial score (nSPS) is 13.5. The lowest BCUT2D eigenvalue weighted by Gasteiger charge is -2.26. The summed E-state index contributed by atoms with van der Waals surface area (Å²) in [4.78, 5) is 52.1. The smallest absolute Gasteiger partial charge is 0.329 e. The van der Waals surface area contributed by atoms with Gasteiger partial charge >= 0.3 is 5.69 Å². The average Bonchev–Trinajstić information content (AvgIpc) is 2.61. The standard InChI is InChI=1S/C19H25N3O5/c1-4-5-10-14(16(23)21-15(11(2)3)18(25)26)22-17(24)12-8-6-7-9-13(12)20-19(22)27/h6-9,11,14-15H,4-5,10H2,1-3H3,(H,20,27)(H,21,23)(H,25,26)/p-1/t14-,15+/m1/s1. The number of carboxylic acid groups (broad SMARTS) is 1. The lowest BCUT2D eigenvalue weighted by molar-refractivity contribution is -0.309. The number of aliphatic carboxylic acids is 1. The summed E-state index contributed by atoms with van der Waals surface area (Å²) < 4.78 is 0.875. The van der Waals surface area contributed by atoms with Crippen molar-refractivity contribution in [3.05, 3.63) is 45.1 Å². The highest BCUT2D eigenvalue weighted by Crippen LogP contribution is 2.15. The first-order valence-electron chi connectivity index (χ1n) is 9.02. The fourth-order valence-electron chi connectivity index (χ4n) is 2.98. The van der Waals surface area contributed by atoms with Crippen molar-refractivity contribution in [3.8, 4) is 0 Å². The van der Waals surface area contributed by atoms with Crippen LogP contribution < -0.4 is 21.7 Å². The number of aromatic amines is 1. The van der Waals surface area contributed by atoms with Crippen LogP contribution in [0.2, 0.25) is 0 Å². The zero-order valence-electron chi connectivity index (χ0n) is 15.7. The number of fused-ring (bicyclic) bond motifs is 1. The zero-order chi connectivity index (χ0) is 20.1. The average molecular weight is 374 g/mol. The second-order valence-corrected chi connectivity index (χ2v) is 6.86. The summed E-state index contributed by atoms with van der Waals surface area (Å²) in [6.07, 6.45) is 1.58. The first-order chi connectivity index (χ1) is 12.8. The molecule has 0 spiro atoms. The highest BCUT2D eigenvalue weighted by Gasteiger charge is 2.27. The Kier molecular flexibility index (Phi) is 6.55. The van der Waals surface area contributed by atoms with Crippen LogP contribution in [0.15, 0.2) is 33.9 Å². The number of H-pyrrole nitrogens is 1. The van der Waals surface area contributed by atoms with Crippen LogP contribution in [0.1, 0.15) is 46.1 Å². The predicted octanol–water partition coefficient (Wildman–Crippen LogP) is 0.312. The van der Waals surface area contributed by atoms with Crippen LogP contribution in [0, 0.1) is 5.92 Å². The Morgan fingerprint density at radius 1 is 1.22 bits per heavy atom. The van der Waals surface area contributed by atoms with Gasteiger partial charge in [0.1, 0.15) is 6.04 Å². The molecule has 0 saturated heterocycles. The number of carbonyl (C=O) groups is 2. The lowest BCUT2D eigenvalue weighted by atomic mass is 10.0. The van der Waals surface area contributed by atoms with Crippen molar-refractivity contribution < 1.29 is 14.7 Å². The molecule has 2 aromatic rings. The summed E-state index contributed by atoms with van der Waals surface area (Å²) in [6.45, 7) is 5.19. The monoisotopic (exact) mass is 374 g/mol. The molecule has 2 N–H and O–H groups in total. The molecular weight excluding hydrogens is 350 g/mol. The molecule has 0 fully saturated rings. The van der Waals surface area contributed by atoms with Crippen LogP contribution in [0.25, 0.3) is 10.9 Å². The number of aromatic nitrogens is 2. The molecule has 0 saturated carbocycles. The third kappa shape index (κ3) is 4.45. The number of hydrogen-bond acceptors (Lipinski definition) is 5. The van der Waals surface area contributed by atoms with E-state index in [4.69, 9.17) is 0 Å². The fourth-order valence-corrected chi connectivity index (χ4v) is 2.98. The molecule has 1 heterocycles. The summed E-state index contributed by atoms with van der Waals surface area (Å²) in [5, 5.41) is 14.0. The van der Waals surface area contributed by atoms with Gasteiger partial charge in [0.15, 0.2) is 0 Å². The molecule has 8 nitrogen and oxygen atoms in total. The summed E-state index contributed by atoms with van der Waals surface area (Å²) >= 11 is 0. The van der Waals surface area contributed by atoms with Crippen molar-refractivity contribution >= 4 is 22.8 Å². The van der Waals surface area contributed by atoms with Crippen molar-refractivity contribution in [3.63, 3.8) is 0 Å². The summed E-state index contributed by atoms with van der Waals surface area (Å²) in [5.41, 5.74) is -0.905. The first kappa shape index (κ1) is 20.4. The van der Waals surface area contributed by atoms with Crippen molar-refractivity contribution in [2.75, 3.05) is 0 Å². The number of para-hydroxylation sites is 1. The molecular formula is C19H24N3O5-. The van der Waals surface area contributed by atoms with Gasteiger partial charge in [-0.2, -0.15) is 0 Å². The van der Waals surface area contributed by atoms with Gasteiger partial charge in [0.05, 0.1) is 22.9 Å². The van der Waals surface area contributed by atoms with E-state index in [0.29, 0.717) is 11.9 Å². The maximum Gasteiger partial charge on any atom is 0.329 e. The van der Waals surface area contributed by atoms with E-state index in [2.05, 4.69) is 10.3 Å². The van der Waals surface area contributed by atoms with Crippen molar-refractivity contribution in [1.82, 2.24) is 14.9 Å². The van der Waals surface area contributed by atoms with Crippen LogP contribution in [0.4, 0.5) is 0 Å². The Morgan fingerprint density at radius 3 is 2.48 bits per heavy atom. The van der Waals surface area contributed by atoms with Gasteiger partial charge in [-0.05, 0) is 24.5 Å². The summed E-state index contributed by atoms with van der Waals surface area (Å²) in [7, 11) is 0. The summed E-state index contributed by atoms with van der Waals surface area (Å²) in [5.74, 6) is -2.50. The van der Waals surface area contributed by atoms with Crippen LogP contribution in [-0.2, 0) is 9.59 Å². The lowest BCUT2D eigenvalue weighted by Crippen LogP contribution is -2.54. The molecule has 0 bridgehead atoms.